The van der Waals surface area contributed by atoms with Gasteiger partial charge in [0.2, 0.25) is 11.3 Å². The van der Waals surface area contributed by atoms with Crippen LogP contribution >= 0.6 is 0 Å². The third-order valence-electron chi connectivity index (χ3n) is 6.39. The Labute approximate surface area is 204 Å². The molecular formula is C25H24FN5O5. The molecule has 36 heavy (non-hydrogen) atoms. The van der Waals surface area contributed by atoms with E-state index >= 15 is 4.39 Å². The second-order valence-electron chi connectivity index (χ2n) is 8.57. The molecule has 11 heteroatoms. The van der Waals surface area contributed by atoms with Gasteiger partial charge in [-0.3, -0.25) is 9.69 Å². The minimum absolute atomic E-state index is 0.0493. The molecule has 4 aromatic rings. The molecule has 2 aromatic heterocycles. The van der Waals surface area contributed by atoms with Gasteiger partial charge in [0.15, 0.2) is 0 Å². The van der Waals surface area contributed by atoms with Gasteiger partial charge in [-0.05, 0) is 31.2 Å². The van der Waals surface area contributed by atoms with Crippen LogP contribution in [0.3, 0.4) is 0 Å². The summed E-state index contributed by atoms with van der Waals surface area (Å²) in [6, 6.07) is 9.49. The summed E-state index contributed by atoms with van der Waals surface area (Å²) in [6.45, 7) is 4.98. The smallest absolute Gasteiger partial charge is 0.341 e. The number of hydrogen-bond donors (Lipinski definition) is 2. The maximum Gasteiger partial charge on any atom is 0.341 e. The number of aromatic carboxylic acids is 1. The minimum atomic E-state index is -1.33. The molecule has 3 heterocycles. The van der Waals surface area contributed by atoms with E-state index in [1.165, 1.54) is 6.20 Å². The SMILES string of the molecule is CCn1cc(C(=O)O)c(=O)c2cc(F)c(N3CCN(Cc4nnc(-c5ccccc5O)o4)CC3)cc21. The van der Waals surface area contributed by atoms with Crippen molar-refractivity contribution in [2.45, 2.75) is 20.0 Å². The first kappa shape index (κ1) is 23.5. The lowest BCUT2D eigenvalue weighted by Crippen LogP contribution is -2.46. The second-order valence-corrected chi connectivity index (χ2v) is 8.57. The number of carboxylic acid groups (broad SMARTS) is 1. The van der Waals surface area contributed by atoms with E-state index in [4.69, 9.17) is 4.42 Å². The van der Waals surface area contributed by atoms with E-state index in [9.17, 15) is 19.8 Å². The van der Waals surface area contributed by atoms with Gasteiger partial charge in [-0.15, -0.1) is 10.2 Å². The van der Waals surface area contributed by atoms with Crippen LogP contribution in [0.4, 0.5) is 10.1 Å². The van der Waals surface area contributed by atoms with E-state index in [0.29, 0.717) is 61.9 Å². The van der Waals surface area contributed by atoms with Crippen LogP contribution in [0.15, 0.2) is 51.8 Å². The topological polar surface area (TPSA) is 125 Å². The van der Waals surface area contributed by atoms with E-state index in [2.05, 4.69) is 15.1 Å². The first-order valence-electron chi connectivity index (χ1n) is 11.5. The average molecular weight is 493 g/mol. The first-order valence-corrected chi connectivity index (χ1v) is 11.5. The van der Waals surface area contributed by atoms with Crippen molar-refractivity contribution in [3.8, 4) is 17.2 Å². The van der Waals surface area contributed by atoms with Crippen molar-refractivity contribution in [2.24, 2.45) is 0 Å². The predicted molar refractivity (Wildman–Crippen MR) is 130 cm³/mol. The summed E-state index contributed by atoms with van der Waals surface area (Å²) in [5.41, 5.74) is 0.256. The van der Waals surface area contributed by atoms with Crippen LogP contribution in [-0.4, -0.2) is 62.0 Å². The highest BCUT2D eigenvalue weighted by atomic mass is 19.1. The lowest BCUT2D eigenvalue weighted by atomic mass is 10.1. The number of nitrogens with zero attached hydrogens (tertiary/aromatic N) is 5. The monoisotopic (exact) mass is 493 g/mol. The molecule has 2 N–H and O–H groups in total. The number of hydrogen-bond acceptors (Lipinski definition) is 8. The first-order chi connectivity index (χ1) is 17.4. The molecule has 0 saturated carbocycles. The average Bonchev–Trinajstić information content (AvgIpc) is 3.33. The quantitative estimate of drug-likeness (QED) is 0.417. The van der Waals surface area contributed by atoms with Crippen LogP contribution < -0.4 is 10.3 Å². The molecule has 0 aliphatic carbocycles. The fourth-order valence-electron chi connectivity index (χ4n) is 4.47. The molecule has 10 nitrogen and oxygen atoms in total. The zero-order chi connectivity index (χ0) is 25.4. The molecule has 2 aromatic carbocycles. The lowest BCUT2D eigenvalue weighted by molar-refractivity contribution is 0.0695. The van der Waals surface area contributed by atoms with Crippen molar-refractivity contribution in [3.05, 3.63) is 70.1 Å². The van der Waals surface area contributed by atoms with Gasteiger partial charge in [0.25, 0.3) is 5.89 Å². The number of aromatic hydroxyl groups is 1. The maximum atomic E-state index is 15.1. The number of carbonyl (C=O) groups is 1. The number of benzene rings is 2. The summed E-state index contributed by atoms with van der Waals surface area (Å²) >= 11 is 0. The molecule has 1 aliphatic heterocycles. The van der Waals surface area contributed by atoms with Crippen LogP contribution in [0.5, 0.6) is 5.75 Å². The summed E-state index contributed by atoms with van der Waals surface area (Å²) in [7, 11) is 0. The van der Waals surface area contributed by atoms with Gasteiger partial charge >= 0.3 is 5.97 Å². The zero-order valence-corrected chi connectivity index (χ0v) is 19.5. The van der Waals surface area contributed by atoms with E-state index in [1.807, 2.05) is 11.8 Å². The standard InChI is InChI=1S/C25H24FN5O5/c1-2-30-13-17(25(34)35)23(33)16-11-18(26)20(12-19(16)30)31-9-7-29(8-10-31)14-22-27-28-24(36-22)15-5-3-4-6-21(15)32/h3-6,11-13,32H,2,7-10,14H2,1H3,(H,34,35). The molecule has 5 rings (SSSR count). The Bertz CT molecular complexity index is 1510. The van der Waals surface area contributed by atoms with E-state index in [0.717, 1.165) is 6.07 Å². The van der Waals surface area contributed by atoms with Crippen LogP contribution in [0.2, 0.25) is 0 Å². The molecule has 0 atom stereocenters. The summed E-state index contributed by atoms with van der Waals surface area (Å²) in [5.74, 6) is -1.18. The highest BCUT2D eigenvalue weighted by Crippen LogP contribution is 2.29. The Kier molecular flexibility index (Phi) is 6.15. The van der Waals surface area contributed by atoms with Gasteiger partial charge in [0.05, 0.1) is 23.3 Å². The molecular weight excluding hydrogens is 469 g/mol. The summed E-state index contributed by atoms with van der Waals surface area (Å²) < 4.78 is 22.5. The van der Waals surface area contributed by atoms with Crippen molar-refractivity contribution in [3.63, 3.8) is 0 Å². The van der Waals surface area contributed by atoms with Crippen molar-refractivity contribution in [1.29, 1.82) is 0 Å². The van der Waals surface area contributed by atoms with E-state index in [1.54, 1.807) is 34.9 Å². The number of phenols is 1. The Hall–Kier alpha value is -4.25. The Balaban J connectivity index is 1.32. The number of piperazine rings is 1. The van der Waals surface area contributed by atoms with Crippen LogP contribution in [0.1, 0.15) is 23.2 Å². The third-order valence-corrected chi connectivity index (χ3v) is 6.39. The van der Waals surface area contributed by atoms with Crippen molar-refractivity contribution < 1.29 is 23.8 Å². The summed E-state index contributed by atoms with van der Waals surface area (Å²) in [6.07, 6.45) is 1.31. The number of para-hydroxylation sites is 1. The van der Waals surface area contributed by atoms with Crippen molar-refractivity contribution in [1.82, 2.24) is 19.7 Å². The maximum absolute atomic E-state index is 15.1. The molecule has 186 valence electrons. The van der Waals surface area contributed by atoms with Gasteiger partial charge in [0.1, 0.15) is 17.1 Å². The van der Waals surface area contributed by atoms with Crippen LogP contribution in [0, 0.1) is 5.82 Å². The molecule has 1 saturated heterocycles. The van der Waals surface area contributed by atoms with E-state index in [-0.39, 0.29) is 22.6 Å². The number of phenolic OH excluding ortho intramolecular Hbond substituents is 1. The van der Waals surface area contributed by atoms with Gasteiger partial charge in [0, 0.05) is 44.3 Å². The third kappa shape index (κ3) is 4.29. The molecule has 0 amide bonds. The fraction of sp³-hybridized carbons (Fsp3) is 0.280. The molecule has 1 fully saturated rings. The van der Waals surface area contributed by atoms with Crippen molar-refractivity contribution in [2.75, 3.05) is 31.1 Å². The highest BCUT2D eigenvalue weighted by Gasteiger charge is 2.24. The number of carboxylic acids is 1. The molecule has 1 aliphatic rings. The Morgan fingerprint density at radius 1 is 1.14 bits per heavy atom. The zero-order valence-electron chi connectivity index (χ0n) is 19.5. The number of fused-ring (bicyclic) bond motifs is 1. The normalized spacial score (nSPS) is 14.4. The fourth-order valence-corrected chi connectivity index (χ4v) is 4.47. The summed E-state index contributed by atoms with van der Waals surface area (Å²) in [5, 5.41) is 27.5. The second kappa shape index (κ2) is 9.42. The largest absolute Gasteiger partial charge is 0.507 e. The van der Waals surface area contributed by atoms with Crippen LogP contribution in [-0.2, 0) is 13.1 Å². The highest BCUT2D eigenvalue weighted by molar-refractivity contribution is 5.93. The van der Waals surface area contributed by atoms with Crippen molar-refractivity contribution >= 4 is 22.6 Å². The van der Waals surface area contributed by atoms with E-state index < -0.39 is 17.2 Å². The van der Waals surface area contributed by atoms with Gasteiger partial charge in [-0.25, -0.2) is 9.18 Å². The van der Waals surface area contributed by atoms with Gasteiger partial charge in [-0.2, -0.15) is 0 Å². The number of aromatic nitrogens is 3. The predicted octanol–water partition coefficient (Wildman–Crippen LogP) is 2.94. The Morgan fingerprint density at radius 3 is 2.58 bits per heavy atom. The number of rotatable bonds is 6. The Morgan fingerprint density at radius 2 is 1.89 bits per heavy atom. The number of aryl methyl sites for hydroxylation is 1. The number of pyridine rings is 1. The van der Waals surface area contributed by atoms with Gasteiger partial charge in [-0.1, -0.05) is 12.1 Å². The molecule has 0 unspecified atom stereocenters. The lowest BCUT2D eigenvalue weighted by Gasteiger charge is -2.35. The minimum Gasteiger partial charge on any atom is -0.507 e. The number of anilines is 1. The van der Waals surface area contributed by atoms with Crippen LogP contribution in [0.25, 0.3) is 22.4 Å². The molecule has 0 radical (unpaired) electrons. The molecule has 0 spiro atoms. The molecule has 0 bridgehead atoms. The summed E-state index contributed by atoms with van der Waals surface area (Å²) in [4.78, 5) is 28.0. The van der Waals surface area contributed by atoms with Gasteiger partial charge < -0.3 is 24.1 Å². The number of halogens is 1.